The Morgan fingerprint density at radius 3 is 2.82 bits per heavy atom. The topological polar surface area (TPSA) is 104 Å². The SMILES string of the molecule is COC(=O)[C@@H](Cc1c[nH]c2ccccc12)NC(=O)COc1cccc(C#N)c1. The van der Waals surface area contributed by atoms with Gasteiger partial charge >= 0.3 is 5.97 Å². The van der Waals surface area contributed by atoms with Crippen LogP contribution >= 0.6 is 0 Å². The summed E-state index contributed by atoms with van der Waals surface area (Å²) < 4.78 is 10.2. The van der Waals surface area contributed by atoms with Crippen molar-refractivity contribution < 1.29 is 19.1 Å². The van der Waals surface area contributed by atoms with E-state index in [9.17, 15) is 9.59 Å². The Morgan fingerprint density at radius 1 is 1.21 bits per heavy atom. The number of esters is 1. The number of H-pyrrole nitrogens is 1. The molecular weight excluding hydrogens is 358 g/mol. The van der Waals surface area contributed by atoms with Gasteiger partial charge in [-0.25, -0.2) is 4.79 Å². The van der Waals surface area contributed by atoms with Crippen LogP contribution in [0.25, 0.3) is 10.9 Å². The van der Waals surface area contributed by atoms with Crippen molar-refractivity contribution in [2.45, 2.75) is 12.5 Å². The standard InChI is InChI=1S/C21H19N3O4/c1-27-21(26)19(10-15-12-23-18-8-3-2-7-17(15)18)24-20(25)13-28-16-6-4-5-14(9-16)11-22/h2-9,12,19,23H,10,13H2,1H3,(H,24,25)/t19-/m1/s1. The lowest BCUT2D eigenvalue weighted by Gasteiger charge is -2.16. The second-order valence-electron chi connectivity index (χ2n) is 6.14. The first-order valence-electron chi connectivity index (χ1n) is 8.66. The third-order valence-electron chi connectivity index (χ3n) is 4.25. The van der Waals surface area contributed by atoms with Gasteiger partial charge in [-0.3, -0.25) is 4.79 Å². The van der Waals surface area contributed by atoms with Crippen molar-refractivity contribution in [2.75, 3.05) is 13.7 Å². The molecule has 142 valence electrons. The summed E-state index contributed by atoms with van der Waals surface area (Å²) in [6.45, 7) is -0.281. The number of aromatic nitrogens is 1. The van der Waals surface area contributed by atoms with E-state index in [0.717, 1.165) is 16.5 Å². The number of rotatable bonds is 7. The molecule has 0 aliphatic rings. The van der Waals surface area contributed by atoms with Crippen LogP contribution in [0.1, 0.15) is 11.1 Å². The minimum atomic E-state index is -0.842. The summed E-state index contributed by atoms with van der Waals surface area (Å²) in [6.07, 6.45) is 2.10. The van der Waals surface area contributed by atoms with E-state index in [1.807, 2.05) is 36.5 Å². The number of ether oxygens (including phenoxy) is 2. The summed E-state index contributed by atoms with van der Waals surface area (Å²) in [7, 11) is 1.28. The van der Waals surface area contributed by atoms with Crippen molar-refractivity contribution in [3.63, 3.8) is 0 Å². The molecule has 28 heavy (non-hydrogen) atoms. The van der Waals surface area contributed by atoms with Crippen LogP contribution in [-0.2, 0) is 20.7 Å². The number of aromatic amines is 1. The molecule has 0 saturated carbocycles. The molecule has 0 aliphatic carbocycles. The summed E-state index contributed by atoms with van der Waals surface area (Å²) >= 11 is 0. The van der Waals surface area contributed by atoms with Gasteiger partial charge in [0.15, 0.2) is 6.61 Å². The molecule has 2 N–H and O–H groups in total. The minimum absolute atomic E-state index is 0.281. The number of hydrogen-bond acceptors (Lipinski definition) is 5. The van der Waals surface area contributed by atoms with E-state index in [-0.39, 0.29) is 13.0 Å². The molecule has 1 heterocycles. The minimum Gasteiger partial charge on any atom is -0.484 e. The largest absolute Gasteiger partial charge is 0.484 e. The first kappa shape index (κ1) is 19.0. The van der Waals surface area contributed by atoms with Crippen molar-refractivity contribution in [2.24, 2.45) is 0 Å². The molecule has 3 aromatic rings. The highest BCUT2D eigenvalue weighted by atomic mass is 16.5. The maximum Gasteiger partial charge on any atom is 0.328 e. The number of nitrogens with zero attached hydrogens (tertiary/aromatic N) is 1. The van der Waals surface area contributed by atoms with Crippen LogP contribution in [0.2, 0.25) is 0 Å². The average Bonchev–Trinajstić information content (AvgIpc) is 3.14. The van der Waals surface area contributed by atoms with E-state index >= 15 is 0 Å². The Bertz CT molecular complexity index is 1040. The number of nitriles is 1. The van der Waals surface area contributed by atoms with Crippen molar-refractivity contribution in [1.82, 2.24) is 10.3 Å². The number of nitrogens with one attached hydrogen (secondary N) is 2. The second-order valence-corrected chi connectivity index (χ2v) is 6.14. The predicted octanol–water partition coefficient (Wildman–Crippen LogP) is 2.32. The number of hydrogen-bond donors (Lipinski definition) is 2. The van der Waals surface area contributed by atoms with E-state index in [2.05, 4.69) is 10.3 Å². The van der Waals surface area contributed by atoms with E-state index in [1.54, 1.807) is 18.2 Å². The number of carbonyl (C=O) groups is 2. The van der Waals surface area contributed by atoms with Gasteiger partial charge < -0.3 is 19.8 Å². The van der Waals surface area contributed by atoms with E-state index in [0.29, 0.717) is 11.3 Å². The lowest BCUT2D eigenvalue weighted by Crippen LogP contribution is -2.44. The Balaban J connectivity index is 1.66. The van der Waals surface area contributed by atoms with Crippen LogP contribution < -0.4 is 10.1 Å². The Morgan fingerprint density at radius 2 is 2.04 bits per heavy atom. The van der Waals surface area contributed by atoms with Gasteiger partial charge in [-0.15, -0.1) is 0 Å². The Labute approximate surface area is 161 Å². The third kappa shape index (κ3) is 4.48. The Hall–Kier alpha value is -3.79. The highest BCUT2D eigenvalue weighted by Crippen LogP contribution is 2.19. The third-order valence-corrected chi connectivity index (χ3v) is 4.25. The van der Waals surface area contributed by atoms with E-state index in [1.165, 1.54) is 13.2 Å². The smallest absolute Gasteiger partial charge is 0.328 e. The molecule has 0 spiro atoms. The molecule has 1 aromatic heterocycles. The van der Waals surface area contributed by atoms with Gasteiger partial charge in [0.2, 0.25) is 0 Å². The van der Waals surface area contributed by atoms with Gasteiger partial charge in [-0.1, -0.05) is 24.3 Å². The molecule has 2 aromatic carbocycles. The summed E-state index contributed by atoms with van der Waals surface area (Å²) in [4.78, 5) is 27.6. The average molecular weight is 377 g/mol. The number of methoxy groups -OCH3 is 1. The van der Waals surface area contributed by atoms with Crippen LogP contribution in [0, 0.1) is 11.3 Å². The van der Waals surface area contributed by atoms with Crippen LogP contribution in [0.15, 0.2) is 54.7 Å². The van der Waals surface area contributed by atoms with Crippen LogP contribution in [0.4, 0.5) is 0 Å². The predicted molar refractivity (Wildman–Crippen MR) is 103 cm³/mol. The fourth-order valence-corrected chi connectivity index (χ4v) is 2.90. The number of carbonyl (C=O) groups excluding carboxylic acids is 2. The highest BCUT2D eigenvalue weighted by molar-refractivity contribution is 5.87. The lowest BCUT2D eigenvalue weighted by atomic mass is 10.0. The molecule has 0 unspecified atom stereocenters. The first-order valence-corrected chi connectivity index (χ1v) is 8.66. The molecule has 1 amide bonds. The first-order chi connectivity index (χ1) is 13.6. The van der Waals surface area contributed by atoms with Gasteiger partial charge in [0, 0.05) is 23.5 Å². The van der Waals surface area contributed by atoms with Gasteiger partial charge in [-0.05, 0) is 29.8 Å². The fourth-order valence-electron chi connectivity index (χ4n) is 2.90. The number of benzene rings is 2. The molecule has 7 nitrogen and oxygen atoms in total. The monoisotopic (exact) mass is 377 g/mol. The van der Waals surface area contributed by atoms with Gasteiger partial charge in [-0.2, -0.15) is 5.26 Å². The van der Waals surface area contributed by atoms with Crippen molar-refractivity contribution >= 4 is 22.8 Å². The molecule has 0 bridgehead atoms. The molecule has 0 fully saturated rings. The van der Waals surface area contributed by atoms with Gasteiger partial charge in [0.05, 0.1) is 18.7 Å². The van der Waals surface area contributed by atoms with Crippen LogP contribution in [0.3, 0.4) is 0 Å². The maximum atomic E-state index is 12.3. The van der Waals surface area contributed by atoms with E-state index in [4.69, 9.17) is 14.7 Å². The maximum absolute atomic E-state index is 12.3. The molecule has 1 atom stereocenters. The zero-order valence-electron chi connectivity index (χ0n) is 15.3. The number of amides is 1. The number of para-hydroxylation sites is 1. The highest BCUT2D eigenvalue weighted by Gasteiger charge is 2.23. The summed E-state index contributed by atoms with van der Waals surface area (Å²) in [5, 5.41) is 12.5. The van der Waals surface area contributed by atoms with Crippen molar-refractivity contribution in [1.29, 1.82) is 5.26 Å². The molecule has 0 radical (unpaired) electrons. The zero-order chi connectivity index (χ0) is 19.9. The quantitative estimate of drug-likeness (QED) is 0.615. The Kier molecular flexibility index (Phi) is 5.92. The lowest BCUT2D eigenvalue weighted by molar-refractivity contribution is -0.145. The van der Waals surface area contributed by atoms with Crippen molar-refractivity contribution in [3.8, 4) is 11.8 Å². The molecular formula is C21H19N3O4. The summed E-state index contributed by atoms with van der Waals surface area (Å²) in [5.74, 6) is -0.594. The van der Waals surface area contributed by atoms with E-state index < -0.39 is 17.9 Å². The zero-order valence-corrected chi connectivity index (χ0v) is 15.3. The molecule has 7 heteroatoms. The van der Waals surface area contributed by atoms with Crippen LogP contribution in [0.5, 0.6) is 5.75 Å². The number of fused-ring (bicyclic) bond motifs is 1. The van der Waals surface area contributed by atoms with Gasteiger partial charge in [0.25, 0.3) is 5.91 Å². The molecule has 0 saturated heterocycles. The fraction of sp³-hybridized carbons (Fsp3) is 0.190. The van der Waals surface area contributed by atoms with Crippen molar-refractivity contribution in [3.05, 3.63) is 65.9 Å². The normalized spacial score (nSPS) is 11.4. The summed E-state index contributed by atoms with van der Waals surface area (Å²) in [6, 6.07) is 15.4. The second kappa shape index (κ2) is 8.73. The van der Waals surface area contributed by atoms with Crippen LogP contribution in [-0.4, -0.2) is 36.6 Å². The van der Waals surface area contributed by atoms with Gasteiger partial charge in [0.1, 0.15) is 11.8 Å². The molecule has 0 aliphatic heterocycles. The summed E-state index contributed by atoms with van der Waals surface area (Å²) in [5.41, 5.74) is 2.28. The molecule has 3 rings (SSSR count).